The molecule has 0 aliphatic heterocycles. The summed E-state index contributed by atoms with van der Waals surface area (Å²) < 4.78 is 57.4. The third-order valence-corrected chi connectivity index (χ3v) is 4.60. The van der Waals surface area contributed by atoms with Crippen molar-refractivity contribution >= 4 is 21.9 Å². The minimum Gasteiger partial charge on any atom is -0.282 e. The van der Waals surface area contributed by atoms with E-state index in [9.17, 15) is 17.2 Å². The van der Waals surface area contributed by atoms with Gasteiger partial charge in [0.15, 0.2) is 0 Å². The van der Waals surface area contributed by atoms with Crippen LogP contribution in [0.4, 0.5) is 8.78 Å². The molecular formula is C13H10F2O3S2. The summed E-state index contributed by atoms with van der Waals surface area (Å²) >= 11 is 1.04. The molecule has 7 heteroatoms. The van der Waals surface area contributed by atoms with Crippen LogP contribution < -0.4 is 0 Å². The molecule has 0 unspecified atom stereocenters. The molecule has 2 rings (SSSR count). The van der Waals surface area contributed by atoms with Crippen molar-refractivity contribution in [2.24, 2.45) is 0 Å². The van der Waals surface area contributed by atoms with Crippen LogP contribution in [0.25, 0.3) is 0 Å². The van der Waals surface area contributed by atoms with Gasteiger partial charge in [0.05, 0.1) is 4.90 Å². The van der Waals surface area contributed by atoms with Crippen LogP contribution in [0.2, 0.25) is 0 Å². The van der Waals surface area contributed by atoms with Gasteiger partial charge in [0.1, 0.15) is 11.6 Å². The highest BCUT2D eigenvalue weighted by Crippen LogP contribution is 2.32. The van der Waals surface area contributed by atoms with Crippen LogP contribution in [-0.4, -0.2) is 13.0 Å². The van der Waals surface area contributed by atoms with Gasteiger partial charge in [-0.1, -0.05) is 11.8 Å². The summed E-state index contributed by atoms with van der Waals surface area (Å²) in [5, 5.41) is 0. The standard InChI is InChI=1S/C13H10F2O3S2/c1-8-6-10(3-5-13(8)20(16,17)18)19-12-4-2-9(14)7-11(12)15/h2-7H,1H3,(H,16,17,18). The van der Waals surface area contributed by atoms with E-state index < -0.39 is 21.8 Å². The molecule has 1 N–H and O–H groups in total. The van der Waals surface area contributed by atoms with Crippen molar-refractivity contribution < 1.29 is 21.8 Å². The molecule has 0 spiro atoms. The molecule has 0 aliphatic carbocycles. The lowest BCUT2D eigenvalue weighted by atomic mass is 10.2. The number of rotatable bonds is 3. The van der Waals surface area contributed by atoms with Gasteiger partial charge in [0, 0.05) is 15.9 Å². The Labute approximate surface area is 119 Å². The number of halogens is 2. The number of aryl methyl sites for hydroxylation is 1. The summed E-state index contributed by atoms with van der Waals surface area (Å²) in [7, 11) is -4.27. The van der Waals surface area contributed by atoms with E-state index in [1.165, 1.54) is 31.2 Å². The highest BCUT2D eigenvalue weighted by molar-refractivity contribution is 7.99. The molecule has 0 saturated carbocycles. The summed E-state index contributed by atoms with van der Waals surface area (Å²) in [4.78, 5) is 0.618. The first-order valence-corrected chi connectivity index (χ1v) is 7.74. The Morgan fingerprint density at radius 3 is 2.35 bits per heavy atom. The zero-order valence-electron chi connectivity index (χ0n) is 10.3. The fraction of sp³-hybridized carbons (Fsp3) is 0.0769. The summed E-state index contributed by atoms with van der Waals surface area (Å²) in [5.41, 5.74) is 0.347. The molecule has 0 aromatic heterocycles. The van der Waals surface area contributed by atoms with E-state index in [-0.39, 0.29) is 9.79 Å². The first-order chi connectivity index (χ1) is 9.27. The Morgan fingerprint density at radius 1 is 1.10 bits per heavy atom. The first-order valence-electron chi connectivity index (χ1n) is 5.48. The van der Waals surface area contributed by atoms with Crippen molar-refractivity contribution in [2.75, 3.05) is 0 Å². The van der Waals surface area contributed by atoms with Crippen molar-refractivity contribution in [3.63, 3.8) is 0 Å². The maximum absolute atomic E-state index is 13.5. The molecule has 106 valence electrons. The second-order valence-corrected chi connectivity index (χ2v) is 6.58. The van der Waals surface area contributed by atoms with E-state index in [0.717, 1.165) is 23.9 Å². The topological polar surface area (TPSA) is 54.4 Å². The lowest BCUT2D eigenvalue weighted by Crippen LogP contribution is -2.00. The third kappa shape index (κ3) is 3.36. The van der Waals surface area contributed by atoms with Crippen molar-refractivity contribution in [3.8, 4) is 0 Å². The van der Waals surface area contributed by atoms with Crippen LogP contribution in [0.5, 0.6) is 0 Å². The second-order valence-electron chi connectivity index (χ2n) is 4.08. The molecule has 0 saturated heterocycles. The maximum Gasteiger partial charge on any atom is 0.294 e. The van der Waals surface area contributed by atoms with Gasteiger partial charge < -0.3 is 0 Å². The summed E-state index contributed by atoms with van der Waals surface area (Å²) in [5.74, 6) is -1.35. The van der Waals surface area contributed by atoms with Gasteiger partial charge in [-0.2, -0.15) is 8.42 Å². The molecule has 0 atom stereocenters. The third-order valence-electron chi connectivity index (χ3n) is 2.55. The van der Waals surface area contributed by atoms with Gasteiger partial charge in [-0.15, -0.1) is 0 Å². The predicted octanol–water partition coefficient (Wildman–Crippen LogP) is 3.67. The fourth-order valence-corrected chi connectivity index (χ4v) is 3.28. The molecule has 0 fully saturated rings. The summed E-state index contributed by atoms with van der Waals surface area (Å²) in [6.07, 6.45) is 0. The largest absolute Gasteiger partial charge is 0.294 e. The molecular weight excluding hydrogens is 306 g/mol. The number of benzene rings is 2. The number of hydrogen-bond acceptors (Lipinski definition) is 3. The maximum atomic E-state index is 13.5. The van der Waals surface area contributed by atoms with Gasteiger partial charge in [-0.25, -0.2) is 8.78 Å². The van der Waals surface area contributed by atoms with E-state index in [1.807, 2.05) is 0 Å². The molecule has 0 heterocycles. The second kappa shape index (κ2) is 5.51. The first kappa shape index (κ1) is 15.0. The van der Waals surface area contributed by atoms with Crippen LogP contribution in [0, 0.1) is 18.6 Å². The number of hydrogen-bond donors (Lipinski definition) is 1. The van der Waals surface area contributed by atoms with Crippen LogP contribution in [0.1, 0.15) is 5.56 Å². The van der Waals surface area contributed by atoms with Crippen molar-refractivity contribution in [1.82, 2.24) is 0 Å². The summed E-state index contributed by atoms with van der Waals surface area (Å²) in [6, 6.07) is 7.43. The van der Waals surface area contributed by atoms with E-state index >= 15 is 0 Å². The van der Waals surface area contributed by atoms with Crippen LogP contribution in [0.15, 0.2) is 51.1 Å². The highest BCUT2D eigenvalue weighted by atomic mass is 32.2. The van der Waals surface area contributed by atoms with Gasteiger partial charge in [0.25, 0.3) is 10.1 Å². The fourth-order valence-electron chi connectivity index (χ4n) is 1.66. The van der Waals surface area contributed by atoms with Crippen LogP contribution in [0.3, 0.4) is 0 Å². The monoisotopic (exact) mass is 316 g/mol. The van der Waals surface area contributed by atoms with E-state index in [1.54, 1.807) is 0 Å². The zero-order valence-corrected chi connectivity index (χ0v) is 11.9. The van der Waals surface area contributed by atoms with E-state index in [2.05, 4.69) is 0 Å². The molecule has 3 nitrogen and oxygen atoms in total. The van der Waals surface area contributed by atoms with Crippen molar-refractivity contribution in [1.29, 1.82) is 0 Å². The van der Waals surface area contributed by atoms with E-state index in [4.69, 9.17) is 4.55 Å². The normalized spacial score (nSPS) is 11.6. The highest BCUT2D eigenvalue weighted by Gasteiger charge is 2.14. The SMILES string of the molecule is Cc1cc(Sc2ccc(F)cc2F)ccc1S(=O)(=O)O. The average Bonchev–Trinajstić information content (AvgIpc) is 2.31. The quantitative estimate of drug-likeness (QED) is 0.878. The molecule has 0 radical (unpaired) electrons. The van der Waals surface area contributed by atoms with Gasteiger partial charge >= 0.3 is 0 Å². The predicted molar refractivity (Wildman–Crippen MR) is 71.5 cm³/mol. The molecule has 20 heavy (non-hydrogen) atoms. The minimum absolute atomic E-state index is 0.193. The van der Waals surface area contributed by atoms with Gasteiger partial charge in [-0.3, -0.25) is 4.55 Å². The van der Waals surface area contributed by atoms with E-state index in [0.29, 0.717) is 10.5 Å². The van der Waals surface area contributed by atoms with Crippen molar-refractivity contribution in [2.45, 2.75) is 21.6 Å². The molecule has 2 aromatic rings. The Bertz CT molecular complexity index is 758. The van der Waals surface area contributed by atoms with Crippen molar-refractivity contribution in [3.05, 3.63) is 53.6 Å². The lowest BCUT2D eigenvalue weighted by Gasteiger charge is -2.07. The Balaban J connectivity index is 2.34. The Morgan fingerprint density at radius 2 is 1.80 bits per heavy atom. The minimum atomic E-state index is -4.27. The molecule has 0 bridgehead atoms. The zero-order chi connectivity index (χ0) is 14.9. The molecule has 2 aromatic carbocycles. The van der Waals surface area contributed by atoms with Gasteiger partial charge in [-0.05, 0) is 42.8 Å². The van der Waals surface area contributed by atoms with Gasteiger partial charge in [0.2, 0.25) is 0 Å². The lowest BCUT2D eigenvalue weighted by molar-refractivity contribution is 0.482. The summed E-state index contributed by atoms with van der Waals surface area (Å²) in [6.45, 7) is 1.52. The smallest absolute Gasteiger partial charge is 0.282 e. The molecule has 0 aliphatic rings. The average molecular weight is 316 g/mol. The van der Waals surface area contributed by atoms with Crippen LogP contribution in [-0.2, 0) is 10.1 Å². The molecule has 0 amide bonds. The Kier molecular flexibility index (Phi) is 4.12. The Hall–Kier alpha value is -1.44. The van der Waals surface area contributed by atoms with Crippen LogP contribution >= 0.6 is 11.8 Å².